The second-order valence-electron chi connectivity index (χ2n) is 21.8. The van der Waals surface area contributed by atoms with Gasteiger partial charge in [0.15, 0.2) is 0 Å². The van der Waals surface area contributed by atoms with Crippen LogP contribution in [0, 0.1) is 23.6 Å². The van der Waals surface area contributed by atoms with Gasteiger partial charge in [0.1, 0.15) is 23.7 Å². The summed E-state index contributed by atoms with van der Waals surface area (Å²) in [5, 5.41) is 7.50. The highest BCUT2D eigenvalue weighted by molar-refractivity contribution is 7.59. The summed E-state index contributed by atoms with van der Waals surface area (Å²) >= 11 is 1.60. The van der Waals surface area contributed by atoms with E-state index < -0.39 is 41.9 Å². The average Bonchev–Trinajstić information content (AvgIpc) is 4.24. The maximum Gasteiger partial charge on any atom is 0.407 e. The third-order valence-electron chi connectivity index (χ3n) is 15.4. The van der Waals surface area contributed by atoms with Crippen LogP contribution in [0.2, 0.25) is 0 Å². The van der Waals surface area contributed by atoms with Crippen molar-refractivity contribution in [2.24, 2.45) is 27.7 Å². The van der Waals surface area contributed by atoms with Crippen molar-refractivity contribution in [2.75, 3.05) is 33.9 Å². The van der Waals surface area contributed by atoms with Crippen LogP contribution in [-0.2, 0) is 30.2 Å². The maximum atomic E-state index is 17.1. The number of amides is 4. The number of hydrogen-bond donors (Lipinski definition) is 2. The lowest BCUT2D eigenvalue weighted by atomic mass is 9.82. The minimum Gasteiger partial charge on any atom is -0.464 e. The number of carbonyl (C=O) groups excluding carboxylic acids is 4. The first-order valence-electron chi connectivity index (χ1n) is 26.1. The minimum absolute atomic E-state index is 0. The molecule has 0 bridgehead atoms. The molecule has 3 unspecified atom stereocenters. The summed E-state index contributed by atoms with van der Waals surface area (Å²) in [6.45, 7) is 13.8. The Bertz CT molecular complexity index is 3020. The molecule has 77 heavy (non-hydrogen) atoms. The topological polar surface area (TPSA) is 178 Å². The summed E-state index contributed by atoms with van der Waals surface area (Å²) in [6, 6.07) is 9.80. The monoisotopic (exact) mass is 1130 g/mol. The number of methoxy groups -OCH3 is 2. The van der Waals surface area contributed by atoms with E-state index >= 15 is 4.39 Å². The van der Waals surface area contributed by atoms with Gasteiger partial charge in [0.2, 0.25) is 18.0 Å². The zero-order valence-electron chi connectivity index (χ0n) is 45.0. The standard InChI is InChI=1S/C56H67FN8O8S.3H2S/c1-30(2)19-47-60-29-46(74-47)53-65-41-14-13-32(36-22-39(58-27-36)43-12-10-17-64(43)52(67)50(62-55(69)71-8)33-15-18-72-56(5,6)26-33)20-35(41)24-44(65)48-38(57)21-34(25-45(48)73-53)37-23-40(59-28-37)42-11-9-16-63(42)51(66)49(31(3)4)61-54(68)70-7;;;/h13-14,20-21,24-25,27-31,33,42-43,49-50,53H,9-12,15-19,22-23,26H2,1-8H3,(H,61,68)(H,62,69);3*1H2/t33?,42-,43-,49-,50?,53?;;;/m0.../s1. The molecule has 8 heterocycles. The van der Waals surface area contributed by atoms with E-state index in [0.29, 0.717) is 73.9 Å². The molecular formula is C56H73FN8O8S4. The Kier molecular flexibility index (Phi) is 18.8. The highest BCUT2D eigenvalue weighted by Gasteiger charge is 2.44. The molecule has 0 saturated carbocycles. The number of allylic oxidation sites excluding steroid dienone is 2. The molecule has 4 aromatic rings. The molecular weight excluding hydrogens is 1060 g/mol. The lowest BCUT2D eigenvalue weighted by Crippen LogP contribution is -2.56. The van der Waals surface area contributed by atoms with Crippen molar-refractivity contribution in [2.45, 2.75) is 135 Å². The smallest absolute Gasteiger partial charge is 0.407 e. The zero-order valence-corrected chi connectivity index (χ0v) is 48.9. The first-order chi connectivity index (χ1) is 35.5. The maximum absolute atomic E-state index is 17.1. The van der Waals surface area contributed by atoms with Gasteiger partial charge in [0.05, 0.1) is 58.6 Å². The Morgan fingerprint density at radius 3 is 2.09 bits per heavy atom. The number of nitrogens with zero attached hydrogens (tertiary/aromatic N) is 6. The predicted molar refractivity (Wildman–Crippen MR) is 314 cm³/mol. The van der Waals surface area contributed by atoms with E-state index in [2.05, 4.69) is 47.2 Å². The van der Waals surface area contributed by atoms with Crippen molar-refractivity contribution in [3.8, 4) is 17.0 Å². The van der Waals surface area contributed by atoms with Crippen molar-refractivity contribution in [1.82, 2.24) is 30.0 Å². The van der Waals surface area contributed by atoms with Crippen LogP contribution in [-0.4, -0.2) is 118 Å². The Balaban J connectivity index is 0.00000287. The van der Waals surface area contributed by atoms with Gasteiger partial charge in [-0.3, -0.25) is 24.1 Å². The SMILES string of the molecule is COC(=O)NC(C(=O)N1CCC[C@H]1C1=NC=C(c2ccc3c(c2)cc2n3C(c3cnc(CC(C)C)s3)Oc3cc(C4=CN=C([C@@H]5CCCN5C(=O)[C@@H](NC(=O)OC)C(C)C)C4)cc(F)c3-2)C1)C1CCOC(C)(C)C1.S.S.S. The second-order valence-corrected chi connectivity index (χ2v) is 23.0. The number of hydrogen-bond acceptors (Lipinski definition) is 12. The van der Waals surface area contributed by atoms with Crippen molar-refractivity contribution in [3.05, 3.63) is 81.8 Å². The van der Waals surface area contributed by atoms with Gasteiger partial charge in [-0.25, -0.2) is 19.0 Å². The van der Waals surface area contributed by atoms with E-state index in [1.54, 1.807) is 23.6 Å². The third kappa shape index (κ3) is 12.0. The number of fused-ring (bicyclic) bond motifs is 5. The van der Waals surface area contributed by atoms with Gasteiger partial charge in [-0.15, -0.1) is 11.3 Å². The van der Waals surface area contributed by atoms with Crippen LogP contribution in [0.5, 0.6) is 5.75 Å². The fourth-order valence-corrected chi connectivity index (χ4v) is 13.0. The van der Waals surface area contributed by atoms with Gasteiger partial charge in [-0.05, 0) is 123 Å². The number of rotatable bonds is 13. The number of thiazole rings is 1. The van der Waals surface area contributed by atoms with E-state index in [1.165, 1.54) is 14.2 Å². The normalized spacial score (nSPS) is 22.0. The first-order valence-corrected chi connectivity index (χ1v) is 26.9. The second kappa shape index (κ2) is 24.3. The van der Waals surface area contributed by atoms with Crippen LogP contribution in [0.3, 0.4) is 0 Å². The van der Waals surface area contributed by atoms with Crippen molar-refractivity contribution in [1.29, 1.82) is 0 Å². The van der Waals surface area contributed by atoms with E-state index in [1.807, 2.05) is 62.0 Å². The first kappa shape index (κ1) is 59.3. The molecule has 3 fully saturated rings. The molecule has 6 atom stereocenters. The number of halogens is 1. The summed E-state index contributed by atoms with van der Waals surface area (Å²) in [4.78, 5) is 72.3. The fourth-order valence-electron chi connectivity index (χ4n) is 11.8. The number of ether oxygens (including phenoxy) is 4. The molecule has 0 aliphatic carbocycles. The predicted octanol–water partition coefficient (Wildman–Crippen LogP) is 10.0. The molecule has 416 valence electrons. The summed E-state index contributed by atoms with van der Waals surface area (Å²) in [5.41, 5.74) is 6.69. The van der Waals surface area contributed by atoms with Crippen LogP contribution < -0.4 is 15.4 Å². The summed E-state index contributed by atoms with van der Waals surface area (Å²) in [6.07, 6.45) is 9.84. The molecule has 21 heteroatoms. The Hall–Kier alpha value is -5.35. The van der Waals surface area contributed by atoms with Gasteiger partial charge >= 0.3 is 12.2 Å². The van der Waals surface area contributed by atoms with E-state index in [9.17, 15) is 19.2 Å². The summed E-state index contributed by atoms with van der Waals surface area (Å²) in [5.74, 6) is -0.178. The number of likely N-dealkylation sites (tertiary alicyclic amines) is 2. The molecule has 6 aliphatic rings. The minimum atomic E-state index is -0.749. The molecule has 4 amide bonds. The molecule has 0 radical (unpaired) electrons. The van der Waals surface area contributed by atoms with Crippen LogP contribution in [0.4, 0.5) is 14.0 Å². The van der Waals surface area contributed by atoms with Gasteiger partial charge in [-0.1, -0.05) is 33.8 Å². The number of benzene rings is 2. The van der Waals surface area contributed by atoms with Gasteiger partial charge in [0, 0.05) is 74.4 Å². The molecule has 2 aromatic heterocycles. The van der Waals surface area contributed by atoms with Gasteiger partial charge < -0.3 is 39.4 Å². The van der Waals surface area contributed by atoms with Crippen molar-refractivity contribution < 1.29 is 42.5 Å². The van der Waals surface area contributed by atoms with E-state index in [0.717, 1.165) is 81.0 Å². The molecule has 10 rings (SSSR count). The van der Waals surface area contributed by atoms with Gasteiger partial charge in [0.25, 0.3) is 0 Å². The molecule has 2 N–H and O–H groups in total. The van der Waals surface area contributed by atoms with Crippen LogP contribution in [0.1, 0.15) is 120 Å². The highest BCUT2D eigenvalue weighted by atomic mass is 32.1. The van der Waals surface area contributed by atoms with Crippen molar-refractivity contribution >= 4 is 109 Å². The number of carbonyl (C=O) groups is 4. The number of nitrogens with one attached hydrogen (secondary N) is 2. The van der Waals surface area contributed by atoms with Crippen LogP contribution >= 0.6 is 51.8 Å². The molecule has 16 nitrogen and oxygen atoms in total. The Morgan fingerprint density at radius 1 is 0.831 bits per heavy atom. The number of alkyl carbamates (subject to hydrolysis) is 2. The number of aliphatic imine (C=N–C) groups is 2. The highest BCUT2D eigenvalue weighted by Crippen LogP contribution is 2.48. The Labute approximate surface area is 475 Å². The van der Waals surface area contributed by atoms with Gasteiger partial charge in [-0.2, -0.15) is 40.5 Å². The third-order valence-corrected chi connectivity index (χ3v) is 16.5. The molecule has 2 aromatic carbocycles. The molecule has 3 saturated heterocycles. The zero-order chi connectivity index (χ0) is 52.2. The molecule has 0 spiro atoms. The van der Waals surface area contributed by atoms with E-state index in [-0.39, 0.29) is 76.2 Å². The van der Waals surface area contributed by atoms with Crippen LogP contribution in [0.25, 0.3) is 33.3 Å². The fraction of sp³-hybridized carbons (Fsp3) is 0.518. The van der Waals surface area contributed by atoms with Crippen LogP contribution in [0.15, 0.2) is 65.0 Å². The summed E-state index contributed by atoms with van der Waals surface area (Å²) in [7, 11) is 2.59. The lowest BCUT2D eigenvalue weighted by Gasteiger charge is -2.40. The number of aromatic nitrogens is 2. The largest absolute Gasteiger partial charge is 0.464 e. The summed E-state index contributed by atoms with van der Waals surface area (Å²) < 4.78 is 41.8. The van der Waals surface area contributed by atoms with Crippen molar-refractivity contribution in [3.63, 3.8) is 0 Å². The molecule has 6 aliphatic heterocycles. The lowest BCUT2D eigenvalue weighted by molar-refractivity contribution is -0.138. The quantitative estimate of drug-likeness (QED) is 0.132. The Morgan fingerprint density at radius 2 is 1.47 bits per heavy atom. The van der Waals surface area contributed by atoms with E-state index in [4.69, 9.17) is 33.9 Å². The average molecular weight is 1130 g/mol.